The lowest BCUT2D eigenvalue weighted by Gasteiger charge is -2.39. The van der Waals surface area contributed by atoms with E-state index in [2.05, 4.69) is 36.6 Å². The molecule has 0 radical (unpaired) electrons. The maximum absolute atomic E-state index is 10.5. The first-order valence-corrected chi connectivity index (χ1v) is 11.3. The molecule has 1 aromatic carbocycles. The quantitative estimate of drug-likeness (QED) is 0.729. The molecule has 5 heteroatoms. The fourth-order valence-corrected chi connectivity index (χ4v) is 4.94. The van der Waals surface area contributed by atoms with Gasteiger partial charge in [-0.25, -0.2) is 0 Å². The van der Waals surface area contributed by atoms with Gasteiger partial charge < -0.3 is 14.7 Å². The summed E-state index contributed by atoms with van der Waals surface area (Å²) < 4.78 is 6.23. The Morgan fingerprint density at radius 1 is 1.18 bits per heavy atom. The van der Waals surface area contributed by atoms with Gasteiger partial charge in [0.2, 0.25) is 0 Å². The molecule has 158 valence electrons. The molecule has 1 saturated heterocycles. The van der Waals surface area contributed by atoms with Crippen molar-refractivity contribution in [2.75, 3.05) is 44.2 Å². The molecule has 1 saturated carbocycles. The van der Waals surface area contributed by atoms with Crippen molar-refractivity contribution in [2.24, 2.45) is 17.8 Å². The van der Waals surface area contributed by atoms with Gasteiger partial charge in [0, 0.05) is 43.4 Å². The summed E-state index contributed by atoms with van der Waals surface area (Å²) in [5.41, 5.74) is 1.18. The van der Waals surface area contributed by atoms with Crippen LogP contribution in [-0.2, 0) is 4.74 Å². The van der Waals surface area contributed by atoms with Gasteiger partial charge in [-0.15, -0.1) is 0 Å². The molecule has 0 bridgehead atoms. The van der Waals surface area contributed by atoms with Crippen LogP contribution in [-0.4, -0.2) is 61.5 Å². The van der Waals surface area contributed by atoms with Gasteiger partial charge in [0.1, 0.15) is 0 Å². The number of anilines is 1. The summed E-state index contributed by atoms with van der Waals surface area (Å²) in [5.74, 6) is 2.01. The Bertz CT molecular complexity index is 604. The maximum Gasteiger partial charge on any atom is 0.0900 e. The average molecular weight is 409 g/mol. The first-order valence-electron chi connectivity index (χ1n) is 10.9. The maximum atomic E-state index is 10.5. The highest BCUT2D eigenvalue weighted by Gasteiger charge is 2.32. The van der Waals surface area contributed by atoms with E-state index in [4.69, 9.17) is 16.3 Å². The topological polar surface area (TPSA) is 35.9 Å². The van der Waals surface area contributed by atoms with Crippen molar-refractivity contribution in [1.29, 1.82) is 0 Å². The van der Waals surface area contributed by atoms with E-state index in [1.807, 2.05) is 18.2 Å². The molecule has 1 aromatic rings. The van der Waals surface area contributed by atoms with Crippen molar-refractivity contribution in [3.05, 3.63) is 29.3 Å². The minimum Gasteiger partial charge on any atom is -0.389 e. The molecule has 1 aliphatic carbocycles. The zero-order valence-electron chi connectivity index (χ0n) is 17.7. The standard InChI is InChI=1S/C23H37ClN2O2/c1-17(2)22-8-7-18(3)13-23(22)28-16-21(27)15-25-9-11-26(12-10-25)20-6-4-5-19(24)14-20/h4-6,14,17-18,21-23,27H,7-13,15-16H2,1-3H3/t18-,21+,22-,23-/m1/s1. The van der Waals surface area contributed by atoms with E-state index in [9.17, 15) is 5.11 Å². The lowest BCUT2D eigenvalue weighted by Crippen LogP contribution is -2.49. The van der Waals surface area contributed by atoms with Crippen LogP contribution >= 0.6 is 11.6 Å². The molecule has 4 atom stereocenters. The van der Waals surface area contributed by atoms with Crippen molar-refractivity contribution in [3.8, 4) is 0 Å². The first-order chi connectivity index (χ1) is 13.4. The second-order valence-corrected chi connectivity index (χ2v) is 9.56. The van der Waals surface area contributed by atoms with Crippen molar-refractivity contribution in [3.63, 3.8) is 0 Å². The van der Waals surface area contributed by atoms with Gasteiger partial charge in [-0.05, 0) is 48.8 Å². The Morgan fingerprint density at radius 3 is 2.61 bits per heavy atom. The second-order valence-electron chi connectivity index (χ2n) is 9.12. The van der Waals surface area contributed by atoms with Crippen molar-refractivity contribution in [2.45, 2.75) is 52.2 Å². The lowest BCUT2D eigenvalue weighted by atomic mass is 9.75. The number of benzene rings is 1. The Kier molecular flexibility index (Phi) is 8.04. The SMILES string of the molecule is CC(C)[C@H]1CC[C@@H](C)C[C@H]1OC[C@@H](O)CN1CCN(c2cccc(Cl)c2)CC1. The molecular formula is C23H37ClN2O2. The Hall–Kier alpha value is -0.810. The summed E-state index contributed by atoms with van der Waals surface area (Å²) in [6.07, 6.45) is 3.59. The van der Waals surface area contributed by atoms with Crippen molar-refractivity contribution < 1.29 is 9.84 Å². The van der Waals surface area contributed by atoms with Crippen LogP contribution in [0, 0.1) is 17.8 Å². The highest BCUT2D eigenvalue weighted by Crippen LogP contribution is 2.35. The van der Waals surface area contributed by atoms with Crippen LogP contribution in [0.2, 0.25) is 5.02 Å². The number of ether oxygens (including phenoxy) is 1. The van der Waals surface area contributed by atoms with Crippen molar-refractivity contribution >= 4 is 17.3 Å². The molecule has 3 rings (SSSR count). The van der Waals surface area contributed by atoms with Crippen LogP contribution in [0.15, 0.2) is 24.3 Å². The van der Waals surface area contributed by atoms with Crippen LogP contribution in [0.5, 0.6) is 0 Å². The van der Waals surface area contributed by atoms with Gasteiger partial charge in [-0.3, -0.25) is 4.90 Å². The minimum absolute atomic E-state index is 0.304. The normalized spacial score (nSPS) is 27.9. The summed E-state index contributed by atoms with van der Waals surface area (Å²) in [5, 5.41) is 11.3. The van der Waals surface area contributed by atoms with Crippen LogP contribution in [0.25, 0.3) is 0 Å². The van der Waals surface area contributed by atoms with Crippen LogP contribution in [0.4, 0.5) is 5.69 Å². The van der Waals surface area contributed by atoms with Gasteiger partial charge in [-0.2, -0.15) is 0 Å². The molecule has 0 amide bonds. The number of aliphatic hydroxyl groups excluding tert-OH is 1. The van der Waals surface area contributed by atoms with E-state index < -0.39 is 6.10 Å². The number of nitrogens with zero attached hydrogens (tertiary/aromatic N) is 2. The summed E-state index contributed by atoms with van der Waals surface area (Å²) in [4.78, 5) is 4.71. The zero-order chi connectivity index (χ0) is 20.1. The summed E-state index contributed by atoms with van der Waals surface area (Å²) in [6, 6.07) is 8.05. The Morgan fingerprint density at radius 2 is 1.93 bits per heavy atom. The molecule has 4 nitrogen and oxygen atoms in total. The van der Waals surface area contributed by atoms with E-state index in [1.165, 1.54) is 18.5 Å². The number of hydrogen-bond donors (Lipinski definition) is 1. The molecular weight excluding hydrogens is 372 g/mol. The smallest absolute Gasteiger partial charge is 0.0900 e. The number of piperazine rings is 1. The second kappa shape index (κ2) is 10.3. The highest BCUT2D eigenvalue weighted by molar-refractivity contribution is 6.30. The zero-order valence-corrected chi connectivity index (χ0v) is 18.4. The van der Waals surface area contributed by atoms with Crippen molar-refractivity contribution in [1.82, 2.24) is 4.90 Å². The van der Waals surface area contributed by atoms with Crippen LogP contribution in [0.3, 0.4) is 0 Å². The number of β-amino-alcohol motifs (C(OH)–C–C–N with tert-alkyl or cyclic N) is 1. The molecule has 0 unspecified atom stereocenters. The number of hydrogen-bond acceptors (Lipinski definition) is 4. The fourth-order valence-electron chi connectivity index (χ4n) is 4.75. The first kappa shape index (κ1) is 21.9. The van der Waals surface area contributed by atoms with Crippen LogP contribution in [0.1, 0.15) is 40.0 Å². The third-order valence-corrected chi connectivity index (χ3v) is 6.71. The summed E-state index contributed by atoms with van der Waals surface area (Å²) in [7, 11) is 0. The number of aliphatic hydroxyl groups is 1. The molecule has 1 heterocycles. The van der Waals surface area contributed by atoms with Gasteiger partial charge in [0.05, 0.1) is 18.8 Å². The van der Waals surface area contributed by atoms with Crippen LogP contribution < -0.4 is 4.90 Å². The molecule has 28 heavy (non-hydrogen) atoms. The van der Waals surface area contributed by atoms with E-state index >= 15 is 0 Å². The molecule has 2 fully saturated rings. The molecule has 1 N–H and O–H groups in total. The third-order valence-electron chi connectivity index (χ3n) is 6.48. The predicted molar refractivity (Wildman–Crippen MR) is 117 cm³/mol. The van der Waals surface area contributed by atoms with E-state index in [0.717, 1.165) is 43.5 Å². The fraction of sp³-hybridized carbons (Fsp3) is 0.739. The minimum atomic E-state index is -0.414. The average Bonchev–Trinajstić information content (AvgIpc) is 2.67. The largest absolute Gasteiger partial charge is 0.389 e. The van der Waals surface area contributed by atoms with E-state index in [0.29, 0.717) is 31.1 Å². The van der Waals surface area contributed by atoms with Gasteiger partial charge >= 0.3 is 0 Å². The molecule has 0 spiro atoms. The van der Waals surface area contributed by atoms with E-state index in [-0.39, 0.29) is 0 Å². The third kappa shape index (κ3) is 6.09. The van der Waals surface area contributed by atoms with Gasteiger partial charge in [0.15, 0.2) is 0 Å². The monoisotopic (exact) mass is 408 g/mol. The Labute approximate surface area is 175 Å². The summed E-state index contributed by atoms with van der Waals surface area (Å²) >= 11 is 6.11. The predicted octanol–water partition coefficient (Wildman–Crippen LogP) is 4.30. The number of halogens is 1. The van der Waals surface area contributed by atoms with Gasteiger partial charge in [0.25, 0.3) is 0 Å². The Balaban J connectivity index is 1.41. The summed E-state index contributed by atoms with van der Waals surface area (Å²) in [6.45, 7) is 11.9. The highest BCUT2D eigenvalue weighted by atomic mass is 35.5. The van der Waals surface area contributed by atoms with E-state index in [1.54, 1.807) is 0 Å². The lowest BCUT2D eigenvalue weighted by molar-refractivity contribution is -0.0740. The molecule has 1 aliphatic heterocycles. The number of rotatable bonds is 7. The molecule has 0 aromatic heterocycles. The van der Waals surface area contributed by atoms with Gasteiger partial charge in [-0.1, -0.05) is 44.9 Å². The molecule has 2 aliphatic rings.